The maximum absolute atomic E-state index is 11.2. The standard InChI is InChI=1S/C10H12N2O4/c1-5(11)9(14)12-6-2-3-7(10(15)16)8(13)4-6/h2-5,13H,11H2,1H3,(H,12,14)(H,15,16). The molecular weight excluding hydrogens is 212 g/mol. The lowest BCUT2D eigenvalue weighted by molar-refractivity contribution is -0.117. The fourth-order valence-corrected chi connectivity index (χ4v) is 1.05. The van der Waals surface area contributed by atoms with Crippen LogP contribution in [0.1, 0.15) is 17.3 Å². The van der Waals surface area contributed by atoms with Gasteiger partial charge in [-0.25, -0.2) is 4.79 Å². The highest BCUT2D eigenvalue weighted by atomic mass is 16.4. The minimum absolute atomic E-state index is 0.223. The minimum Gasteiger partial charge on any atom is -0.507 e. The van der Waals surface area contributed by atoms with Crippen molar-refractivity contribution in [3.63, 3.8) is 0 Å². The highest BCUT2D eigenvalue weighted by Gasteiger charge is 2.12. The van der Waals surface area contributed by atoms with Crippen LogP contribution in [-0.2, 0) is 4.79 Å². The second-order valence-corrected chi connectivity index (χ2v) is 3.32. The molecule has 6 nitrogen and oxygen atoms in total. The molecule has 0 radical (unpaired) electrons. The van der Waals surface area contributed by atoms with E-state index >= 15 is 0 Å². The Morgan fingerprint density at radius 3 is 2.50 bits per heavy atom. The fraction of sp³-hybridized carbons (Fsp3) is 0.200. The van der Waals surface area contributed by atoms with Crippen LogP contribution >= 0.6 is 0 Å². The third kappa shape index (κ3) is 2.71. The molecule has 1 unspecified atom stereocenters. The Kier molecular flexibility index (Phi) is 3.47. The van der Waals surface area contributed by atoms with Gasteiger partial charge in [-0.05, 0) is 19.1 Å². The van der Waals surface area contributed by atoms with Gasteiger partial charge in [0.15, 0.2) is 0 Å². The third-order valence-electron chi connectivity index (χ3n) is 1.91. The molecule has 0 aliphatic rings. The van der Waals surface area contributed by atoms with Crippen molar-refractivity contribution >= 4 is 17.6 Å². The van der Waals surface area contributed by atoms with Gasteiger partial charge in [-0.3, -0.25) is 4.79 Å². The van der Waals surface area contributed by atoms with Gasteiger partial charge in [0.2, 0.25) is 5.91 Å². The molecule has 5 N–H and O–H groups in total. The quantitative estimate of drug-likeness (QED) is 0.592. The van der Waals surface area contributed by atoms with E-state index in [1.165, 1.54) is 19.1 Å². The van der Waals surface area contributed by atoms with Gasteiger partial charge in [-0.1, -0.05) is 0 Å². The average Bonchev–Trinajstić information content (AvgIpc) is 2.16. The van der Waals surface area contributed by atoms with Crippen LogP contribution in [0.15, 0.2) is 18.2 Å². The van der Waals surface area contributed by atoms with Crippen molar-refractivity contribution in [3.05, 3.63) is 23.8 Å². The van der Waals surface area contributed by atoms with Crippen molar-refractivity contribution in [1.29, 1.82) is 0 Å². The zero-order chi connectivity index (χ0) is 12.3. The number of carboxylic acids is 1. The zero-order valence-electron chi connectivity index (χ0n) is 8.60. The number of carboxylic acid groups (broad SMARTS) is 1. The van der Waals surface area contributed by atoms with E-state index in [0.717, 1.165) is 6.07 Å². The number of nitrogens with one attached hydrogen (secondary N) is 1. The smallest absolute Gasteiger partial charge is 0.339 e. The summed E-state index contributed by atoms with van der Waals surface area (Å²) in [5.74, 6) is -2.06. The number of benzene rings is 1. The molecule has 1 aromatic rings. The van der Waals surface area contributed by atoms with E-state index in [2.05, 4.69) is 5.32 Å². The van der Waals surface area contributed by atoms with Crippen LogP contribution in [0.25, 0.3) is 0 Å². The van der Waals surface area contributed by atoms with Crippen molar-refractivity contribution < 1.29 is 19.8 Å². The van der Waals surface area contributed by atoms with Gasteiger partial charge in [0.05, 0.1) is 6.04 Å². The Bertz CT molecular complexity index is 429. The molecule has 16 heavy (non-hydrogen) atoms. The number of carbonyl (C=O) groups is 2. The normalized spacial score (nSPS) is 11.9. The van der Waals surface area contributed by atoms with E-state index in [-0.39, 0.29) is 5.56 Å². The van der Waals surface area contributed by atoms with Crippen LogP contribution in [0.3, 0.4) is 0 Å². The predicted molar refractivity (Wildman–Crippen MR) is 57.3 cm³/mol. The molecule has 1 rings (SSSR count). The summed E-state index contributed by atoms with van der Waals surface area (Å²) in [6, 6.07) is 3.06. The molecule has 0 spiro atoms. The molecule has 0 aliphatic carbocycles. The summed E-state index contributed by atoms with van der Waals surface area (Å²) in [7, 11) is 0. The molecular formula is C10H12N2O4. The summed E-state index contributed by atoms with van der Waals surface area (Å²) in [6.07, 6.45) is 0. The Balaban J connectivity index is 2.90. The average molecular weight is 224 g/mol. The van der Waals surface area contributed by atoms with Crippen molar-refractivity contribution in [3.8, 4) is 5.75 Å². The molecule has 86 valence electrons. The molecule has 0 bridgehead atoms. The molecule has 0 fully saturated rings. The number of phenols is 1. The minimum atomic E-state index is -1.23. The Morgan fingerprint density at radius 2 is 2.06 bits per heavy atom. The van der Waals surface area contributed by atoms with Gasteiger partial charge in [0.25, 0.3) is 0 Å². The lowest BCUT2D eigenvalue weighted by atomic mass is 10.2. The number of aromatic hydroxyl groups is 1. The number of hydrogen-bond donors (Lipinski definition) is 4. The van der Waals surface area contributed by atoms with E-state index < -0.39 is 23.7 Å². The maximum Gasteiger partial charge on any atom is 0.339 e. The van der Waals surface area contributed by atoms with E-state index in [0.29, 0.717) is 5.69 Å². The van der Waals surface area contributed by atoms with E-state index in [1.807, 2.05) is 0 Å². The number of hydrogen-bond acceptors (Lipinski definition) is 4. The van der Waals surface area contributed by atoms with Crippen LogP contribution in [-0.4, -0.2) is 28.1 Å². The molecule has 6 heteroatoms. The lowest BCUT2D eigenvalue weighted by Gasteiger charge is -2.08. The first-order valence-corrected chi connectivity index (χ1v) is 4.54. The number of amides is 1. The first-order chi connectivity index (χ1) is 7.41. The number of carbonyl (C=O) groups excluding carboxylic acids is 1. The van der Waals surface area contributed by atoms with E-state index in [4.69, 9.17) is 10.8 Å². The summed E-state index contributed by atoms with van der Waals surface area (Å²) in [4.78, 5) is 21.8. The molecule has 1 amide bonds. The fourth-order valence-electron chi connectivity index (χ4n) is 1.05. The van der Waals surface area contributed by atoms with Gasteiger partial charge in [0.1, 0.15) is 11.3 Å². The van der Waals surface area contributed by atoms with Crippen LogP contribution in [0.5, 0.6) is 5.75 Å². The van der Waals surface area contributed by atoms with Crippen LogP contribution in [0.2, 0.25) is 0 Å². The lowest BCUT2D eigenvalue weighted by Crippen LogP contribution is -2.32. The maximum atomic E-state index is 11.2. The topological polar surface area (TPSA) is 113 Å². The summed E-state index contributed by atoms with van der Waals surface area (Å²) < 4.78 is 0. The Morgan fingerprint density at radius 1 is 1.44 bits per heavy atom. The largest absolute Gasteiger partial charge is 0.507 e. The molecule has 0 heterocycles. The highest BCUT2D eigenvalue weighted by Crippen LogP contribution is 2.21. The van der Waals surface area contributed by atoms with Gasteiger partial charge in [0, 0.05) is 11.8 Å². The Hall–Kier alpha value is -2.08. The summed E-state index contributed by atoms with van der Waals surface area (Å²) in [5.41, 5.74) is 5.40. The van der Waals surface area contributed by atoms with Gasteiger partial charge in [-0.2, -0.15) is 0 Å². The summed E-state index contributed by atoms with van der Waals surface area (Å²) in [6.45, 7) is 1.51. The van der Waals surface area contributed by atoms with Crippen LogP contribution in [0.4, 0.5) is 5.69 Å². The van der Waals surface area contributed by atoms with Crippen LogP contribution in [0, 0.1) is 0 Å². The first-order valence-electron chi connectivity index (χ1n) is 4.54. The second kappa shape index (κ2) is 4.63. The summed E-state index contributed by atoms with van der Waals surface area (Å²) >= 11 is 0. The predicted octanol–water partition coefficient (Wildman–Crippen LogP) is 0.376. The molecule has 1 aromatic carbocycles. The van der Waals surface area contributed by atoms with E-state index in [9.17, 15) is 14.7 Å². The Labute approximate surface area is 91.7 Å². The second-order valence-electron chi connectivity index (χ2n) is 3.32. The number of nitrogens with two attached hydrogens (primary N) is 1. The molecule has 0 aromatic heterocycles. The molecule has 1 atom stereocenters. The van der Waals surface area contributed by atoms with Gasteiger partial charge >= 0.3 is 5.97 Å². The first kappa shape index (κ1) is 12.0. The van der Waals surface area contributed by atoms with Crippen molar-refractivity contribution in [1.82, 2.24) is 0 Å². The van der Waals surface area contributed by atoms with Crippen molar-refractivity contribution in [2.24, 2.45) is 5.73 Å². The number of aromatic carboxylic acids is 1. The number of rotatable bonds is 3. The highest BCUT2D eigenvalue weighted by molar-refractivity contribution is 5.96. The SMILES string of the molecule is CC(N)C(=O)Nc1ccc(C(=O)O)c(O)c1. The summed E-state index contributed by atoms with van der Waals surface area (Å²) in [5, 5.41) is 20.4. The number of anilines is 1. The molecule has 0 saturated carbocycles. The molecule has 0 saturated heterocycles. The van der Waals surface area contributed by atoms with Gasteiger partial charge < -0.3 is 21.3 Å². The van der Waals surface area contributed by atoms with Crippen LogP contribution < -0.4 is 11.1 Å². The zero-order valence-corrected chi connectivity index (χ0v) is 8.60. The van der Waals surface area contributed by atoms with E-state index in [1.54, 1.807) is 0 Å². The van der Waals surface area contributed by atoms with Gasteiger partial charge in [-0.15, -0.1) is 0 Å². The van der Waals surface area contributed by atoms with Crippen molar-refractivity contribution in [2.75, 3.05) is 5.32 Å². The van der Waals surface area contributed by atoms with Crippen molar-refractivity contribution in [2.45, 2.75) is 13.0 Å². The third-order valence-corrected chi connectivity index (χ3v) is 1.91. The molecule has 0 aliphatic heterocycles. The monoisotopic (exact) mass is 224 g/mol.